The lowest BCUT2D eigenvalue weighted by Crippen LogP contribution is -2.30. The third-order valence-corrected chi connectivity index (χ3v) is 6.66. The first-order chi connectivity index (χ1) is 17.5. The maximum Gasteiger partial charge on any atom is 0.258 e. The van der Waals surface area contributed by atoms with E-state index in [9.17, 15) is 14.4 Å². The number of nitrogens with one attached hydrogen (secondary N) is 2. The molecule has 1 unspecified atom stereocenters. The lowest BCUT2D eigenvalue weighted by molar-refractivity contribution is -0.119. The Bertz CT molecular complexity index is 1450. The Morgan fingerprint density at radius 1 is 0.972 bits per heavy atom. The number of thiazole rings is 1. The molecule has 1 aromatic heterocycles. The Labute approximate surface area is 212 Å². The summed E-state index contributed by atoms with van der Waals surface area (Å²) in [4.78, 5) is 42.3. The van der Waals surface area contributed by atoms with Crippen LogP contribution in [0, 0.1) is 0 Å². The second-order valence-corrected chi connectivity index (χ2v) is 9.23. The molecule has 5 rings (SSSR count). The van der Waals surface area contributed by atoms with Gasteiger partial charge in [0, 0.05) is 41.0 Å². The van der Waals surface area contributed by atoms with Gasteiger partial charge < -0.3 is 10.1 Å². The van der Waals surface area contributed by atoms with E-state index in [1.807, 2.05) is 29.6 Å². The summed E-state index contributed by atoms with van der Waals surface area (Å²) in [5.41, 5.74) is 3.58. The maximum absolute atomic E-state index is 13.1. The Hall–Kier alpha value is -4.30. The van der Waals surface area contributed by atoms with Crippen molar-refractivity contribution in [1.29, 1.82) is 0 Å². The molecular weight excluding hydrogens is 474 g/mol. The largest absolute Gasteiger partial charge is 0.493 e. The molecule has 0 bridgehead atoms. The molecule has 8 heteroatoms. The minimum absolute atomic E-state index is 0.0945. The van der Waals surface area contributed by atoms with E-state index in [1.54, 1.807) is 48.5 Å². The summed E-state index contributed by atoms with van der Waals surface area (Å²) in [6, 6.07) is 21.2. The summed E-state index contributed by atoms with van der Waals surface area (Å²) in [6.45, 7) is 2.04. The van der Waals surface area contributed by atoms with Crippen LogP contribution in [0.1, 0.15) is 51.2 Å². The zero-order valence-electron chi connectivity index (χ0n) is 19.5. The summed E-state index contributed by atoms with van der Waals surface area (Å²) in [5, 5.41) is 8.08. The Kier molecular flexibility index (Phi) is 6.60. The lowest BCUT2D eigenvalue weighted by Gasteiger charge is -2.26. The first-order valence-corrected chi connectivity index (χ1v) is 12.4. The number of carbonyl (C=O) groups is 3. The number of aromatic nitrogens is 1. The molecule has 36 heavy (non-hydrogen) atoms. The summed E-state index contributed by atoms with van der Waals surface area (Å²) >= 11 is 1.30. The zero-order valence-corrected chi connectivity index (χ0v) is 20.3. The van der Waals surface area contributed by atoms with Crippen molar-refractivity contribution >= 4 is 34.1 Å². The third kappa shape index (κ3) is 4.89. The van der Waals surface area contributed by atoms with Gasteiger partial charge in [0.25, 0.3) is 5.91 Å². The monoisotopic (exact) mass is 497 g/mol. The molecule has 1 atom stereocenters. The van der Waals surface area contributed by atoms with Crippen LogP contribution >= 0.6 is 11.3 Å². The van der Waals surface area contributed by atoms with Crippen molar-refractivity contribution in [2.24, 2.45) is 0 Å². The molecule has 0 fully saturated rings. The third-order valence-electron chi connectivity index (χ3n) is 5.90. The highest BCUT2D eigenvalue weighted by Gasteiger charge is 2.23. The molecule has 2 N–H and O–H groups in total. The van der Waals surface area contributed by atoms with Crippen LogP contribution in [-0.4, -0.2) is 29.2 Å². The molecule has 180 valence electrons. The SMILES string of the molecule is CC(=O)NC1CCOc2ccc(-c3csc(NC(=O)c4ccccc4C(=O)c4ccccc4)n3)cc21. The Morgan fingerprint density at radius 3 is 2.50 bits per heavy atom. The van der Waals surface area contributed by atoms with Crippen molar-refractivity contribution < 1.29 is 19.1 Å². The quantitative estimate of drug-likeness (QED) is 0.355. The number of nitrogens with zero attached hydrogens (tertiary/aromatic N) is 1. The van der Waals surface area contributed by atoms with Crippen LogP contribution in [-0.2, 0) is 4.79 Å². The van der Waals surface area contributed by atoms with E-state index in [0.29, 0.717) is 35.0 Å². The molecule has 0 saturated carbocycles. The maximum atomic E-state index is 13.1. The van der Waals surface area contributed by atoms with Gasteiger partial charge in [-0.3, -0.25) is 19.7 Å². The van der Waals surface area contributed by atoms with Gasteiger partial charge in [-0.2, -0.15) is 0 Å². The van der Waals surface area contributed by atoms with E-state index in [0.717, 1.165) is 16.9 Å². The molecule has 0 spiro atoms. The van der Waals surface area contributed by atoms with Gasteiger partial charge in [-0.15, -0.1) is 11.3 Å². The number of carbonyl (C=O) groups excluding carboxylic acids is 3. The van der Waals surface area contributed by atoms with Crippen LogP contribution in [0.15, 0.2) is 78.2 Å². The lowest BCUT2D eigenvalue weighted by atomic mass is 9.97. The number of hydrogen-bond donors (Lipinski definition) is 2. The van der Waals surface area contributed by atoms with Crippen molar-refractivity contribution in [3.8, 4) is 17.0 Å². The van der Waals surface area contributed by atoms with E-state index in [1.165, 1.54) is 18.3 Å². The van der Waals surface area contributed by atoms with Gasteiger partial charge in [0.15, 0.2) is 10.9 Å². The Morgan fingerprint density at radius 2 is 1.72 bits per heavy atom. The smallest absolute Gasteiger partial charge is 0.258 e. The molecule has 3 aromatic carbocycles. The van der Waals surface area contributed by atoms with Crippen LogP contribution in [0.5, 0.6) is 5.75 Å². The van der Waals surface area contributed by atoms with Gasteiger partial charge in [-0.1, -0.05) is 48.5 Å². The molecule has 7 nitrogen and oxygen atoms in total. The fraction of sp³-hybridized carbons (Fsp3) is 0.143. The first-order valence-electron chi connectivity index (χ1n) is 11.5. The van der Waals surface area contributed by atoms with Crippen LogP contribution in [0.25, 0.3) is 11.3 Å². The van der Waals surface area contributed by atoms with Crippen molar-refractivity contribution in [2.45, 2.75) is 19.4 Å². The molecular formula is C28H23N3O4S. The van der Waals surface area contributed by atoms with E-state index >= 15 is 0 Å². The average Bonchev–Trinajstić information content (AvgIpc) is 3.37. The highest BCUT2D eigenvalue weighted by Crippen LogP contribution is 2.36. The predicted octanol–water partition coefficient (Wildman–Crippen LogP) is 5.25. The second-order valence-electron chi connectivity index (χ2n) is 8.38. The van der Waals surface area contributed by atoms with Gasteiger partial charge in [-0.05, 0) is 24.3 Å². The Balaban J connectivity index is 1.37. The van der Waals surface area contributed by atoms with Gasteiger partial charge in [-0.25, -0.2) is 4.98 Å². The number of fused-ring (bicyclic) bond motifs is 1. The number of rotatable bonds is 6. The molecule has 2 amide bonds. The second kappa shape index (κ2) is 10.1. The van der Waals surface area contributed by atoms with E-state index in [-0.39, 0.29) is 23.3 Å². The van der Waals surface area contributed by atoms with Crippen LogP contribution in [0.2, 0.25) is 0 Å². The van der Waals surface area contributed by atoms with E-state index in [2.05, 4.69) is 15.6 Å². The summed E-state index contributed by atoms with van der Waals surface area (Å²) in [6.07, 6.45) is 0.690. The first kappa shape index (κ1) is 23.4. The van der Waals surface area contributed by atoms with E-state index < -0.39 is 5.91 Å². The molecule has 1 aliphatic heterocycles. The number of ketones is 1. The topological polar surface area (TPSA) is 97.4 Å². The van der Waals surface area contributed by atoms with Gasteiger partial charge in [0.1, 0.15) is 5.75 Å². The van der Waals surface area contributed by atoms with E-state index in [4.69, 9.17) is 4.74 Å². The van der Waals surface area contributed by atoms with Crippen molar-refractivity contribution in [3.63, 3.8) is 0 Å². The molecule has 0 radical (unpaired) electrons. The molecule has 2 heterocycles. The van der Waals surface area contributed by atoms with Gasteiger partial charge >= 0.3 is 0 Å². The highest BCUT2D eigenvalue weighted by atomic mass is 32.1. The van der Waals surface area contributed by atoms with Crippen LogP contribution < -0.4 is 15.4 Å². The van der Waals surface area contributed by atoms with Crippen molar-refractivity contribution in [3.05, 3.63) is 100 Å². The van der Waals surface area contributed by atoms with Crippen molar-refractivity contribution in [1.82, 2.24) is 10.3 Å². The fourth-order valence-corrected chi connectivity index (χ4v) is 4.92. The number of amides is 2. The zero-order chi connectivity index (χ0) is 25.1. The summed E-state index contributed by atoms with van der Waals surface area (Å²) in [7, 11) is 0. The number of anilines is 1. The average molecular weight is 498 g/mol. The number of hydrogen-bond acceptors (Lipinski definition) is 6. The summed E-state index contributed by atoms with van der Waals surface area (Å²) < 4.78 is 5.74. The number of benzene rings is 3. The fourth-order valence-electron chi connectivity index (χ4n) is 4.20. The molecule has 0 aliphatic carbocycles. The summed E-state index contributed by atoms with van der Waals surface area (Å²) in [5.74, 6) is 0.0293. The van der Waals surface area contributed by atoms with Crippen LogP contribution in [0.4, 0.5) is 5.13 Å². The minimum atomic E-state index is -0.402. The van der Waals surface area contributed by atoms with Gasteiger partial charge in [0.05, 0.1) is 23.9 Å². The highest BCUT2D eigenvalue weighted by molar-refractivity contribution is 7.14. The normalized spacial score (nSPS) is 14.3. The minimum Gasteiger partial charge on any atom is -0.493 e. The standard InChI is InChI=1S/C28H23N3O4S/c1-17(32)29-23-13-14-35-25-12-11-19(15-22(23)25)24-16-36-28(30-24)31-27(34)21-10-6-5-9-20(21)26(33)18-7-3-2-4-8-18/h2-12,15-16,23H,13-14H2,1H3,(H,29,32)(H,30,31,34). The molecule has 1 aliphatic rings. The van der Waals surface area contributed by atoms with Gasteiger partial charge in [0.2, 0.25) is 5.91 Å². The van der Waals surface area contributed by atoms with Crippen molar-refractivity contribution in [2.75, 3.05) is 11.9 Å². The predicted molar refractivity (Wildman–Crippen MR) is 138 cm³/mol. The number of ether oxygens (including phenoxy) is 1. The molecule has 0 saturated heterocycles. The van der Waals surface area contributed by atoms with Crippen LogP contribution in [0.3, 0.4) is 0 Å². The molecule has 4 aromatic rings.